The molecule has 0 unspecified atom stereocenters. The van der Waals surface area contributed by atoms with Gasteiger partial charge in [-0.05, 0) is 32.9 Å². The summed E-state index contributed by atoms with van der Waals surface area (Å²) in [5.74, 6) is 0.0101. The number of anilines is 1. The van der Waals surface area contributed by atoms with E-state index in [1.165, 1.54) is 24.3 Å². The zero-order chi connectivity index (χ0) is 15.4. The summed E-state index contributed by atoms with van der Waals surface area (Å²) >= 11 is 0. The average molecular weight is 291 g/mol. The van der Waals surface area contributed by atoms with E-state index >= 15 is 0 Å². The van der Waals surface area contributed by atoms with E-state index in [0.29, 0.717) is 5.69 Å². The summed E-state index contributed by atoms with van der Waals surface area (Å²) in [7, 11) is 0. The first-order valence-electron chi connectivity index (χ1n) is 5.85. The van der Waals surface area contributed by atoms with Crippen molar-refractivity contribution in [2.45, 2.75) is 32.5 Å². The molecule has 1 aromatic rings. The molecule has 0 radical (unpaired) electrons. The summed E-state index contributed by atoms with van der Waals surface area (Å²) in [4.78, 5) is 11.5. The fraction of sp³-hybridized carbons (Fsp3) is 0.462. The number of carbonyl (C=O) groups is 1. The molecule has 0 aliphatic carbocycles. The number of benzene rings is 1. The SMILES string of the molecule is CC(C)(C)OC(=O)Nc1cccc(OCC(F)(F)F)c1. The van der Waals surface area contributed by atoms with Crippen LogP contribution >= 0.6 is 0 Å². The van der Waals surface area contributed by atoms with E-state index in [1.54, 1.807) is 20.8 Å². The Morgan fingerprint density at radius 3 is 2.45 bits per heavy atom. The predicted octanol–water partition coefficient (Wildman–Crippen LogP) is 3.97. The summed E-state index contributed by atoms with van der Waals surface area (Å²) in [5, 5.41) is 2.41. The minimum Gasteiger partial charge on any atom is -0.484 e. The van der Waals surface area contributed by atoms with Crippen molar-refractivity contribution in [3.63, 3.8) is 0 Å². The molecule has 0 saturated heterocycles. The van der Waals surface area contributed by atoms with Crippen LogP contribution in [0.15, 0.2) is 24.3 Å². The van der Waals surface area contributed by atoms with Crippen molar-refractivity contribution < 1.29 is 27.4 Å². The van der Waals surface area contributed by atoms with E-state index < -0.39 is 24.5 Å². The van der Waals surface area contributed by atoms with Gasteiger partial charge in [-0.2, -0.15) is 13.2 Å². The van der Waals surface area contributed by atoms with Gasteiger partial charge < -0.3 is 9.47 Å². The van der Waals surface area contributed by atoms with Gasteiger partial charge in [0.25, 0.3) is 0 Å². The summed E-state index contributed by atoms with van der Waals surface area (Å²) in [6, 6.07) is 5.64. The van der Waals surface area contributed by atoms with Crippen molar-refractivity contribution in [1.29, 1.82) is 0 Å². The normalized spacial score (nSPS) is 11.9. The van der Waals surface area contributed by atoms with Crippen LogP contribution in [0.5, 0.6) is 5.75 Å². The molecule has 0 aliphatic rings. The number of hydrogen-bond donors (Lipinski definition) is 1. The molecule has 0 atom stereocenters. The molecular weight excluding hydrogens is 275 g/mol. The highest BCUT2D eigenvalue weighted by Gasteiger charge is 2.28. The van der Waals surface area contributed by atoms with Crippen LogP contribution < -0.4 is 10.1 Å². The lowest BCUT2D eigenvalue weighted by Crippen LogP contribution is -2.27. The van der Waals surface area contributed by atoms with Crippen LogP contribution in [0.3, 0.4) is 0 Å². The lowest BCUT2D eigenvalue weighted by molar-refractivity contribution is -0.153. The summed E-state index contributed by atoms with van der Waals surface area (Å²) in [6.45, 7) is 3.73. The Bertz CT molecular complexity index is 467. The van der Waals surface area contributed by atoms with Gasteiger partial charge in [0.2, 0.25) is 0 Å². The number of halogens is 3. The van der Waals surface area contributed by atoms with Gasteiger partial charge in [-0.15, -0.1) is 0 Å². The Labute approximate surface area is 114 Å². The van der Waals surface area contributed by atoms with E-state index in [-0.39, 0.29) is 5.75 Å². The van der Waals surface area contributed by atoms with Gasteiger partial charge in [-0.3, -0.25) is 5.32 Å². The van der Waals surface area contributed by atoms with Crippen LogP contribution in [0.1, 0.15) is 20.8 Å². The van der Waals surface area contributed by atoms with Crippen LogP contribution in [0, 0.1) is 0 Å². The molecule has 0 aromatic heterocycles. The molecule has 0 fully saturated rings. The van der Waals surface area contributed by atoms with Crippen molar-refractivity contribution in [2.24, 2.45) is 0 Å². The largest absolute Gasteiger partial charge is 0.484 e. The summed E-state index contributed by atoms with van der Waals surface area (Å²) < 4.78 is 45.7. The molecule has 7 heteroatoms. The zero-order valence-corrected chi connectivity index (χ0v) is 11.4. The Kier molecular flexibility index (Phi) is 4.86. The average Bonchev–Trinajstić information content (AvgIpc) is 2.23. The molecule has 0 aliphatic heterocycles. The maximum absolute atomic E-state index is 12.0. The Hall–Kier alpha value is -1.92. The lowest BCUT2D eigenvalue weighted by atomic mass is 10.2. The van der Waals surface area contributed by atoms with Crippen LogP contribution in [-0.4, -0.2) is 24.5 Å². The second-order valence-corrected chi connectivity index (χ2v) is 5.06. The van der Waals surface area contributed by atoms with Crippen molar-refractivity contribution in [1.82, 2.24) is 0 Å². The fourth-order valence-electron chi connectivity index (χ4n) is 1.25. The lowest BCUT2D eigenvalue weighted by Gasteiger charge is -2.19. The van der Waals surface area contributed by atoms with E-state index in [9.17, 15) is 18.0 Å². The Morgan fingerprint density at radius 2 is 1.90 bits per heavy atom. The molecular formula is C13H16F3NO3. The van der Waals surface area contributed by atoms with Gasteiger partial charge in [0, 0.05) is 11.8 Å². The molecule has 1 N–H and O–H groups in total. The van der Waals surface area contributed by atoms with Crippen molar-refractivity contribution >= 4 is 11.8 Å². The van der Waals surface area contributed by atoms with Crippen LogP contribution in [0.2, 0.25) is 0 Å². The highest BCUT2D eigenvalue weighted by atomic mass is 19.4. The van der Waals surface area contributed by atoms with Gasteiger partial charge in [0.05, 0.1) is 0 Å². The number of nitrogens with one attached hydrogen (secondary N) is 1. The minimum absolute atomic E-state index is 0.0101. The quantitative estimate of drug-likeness (QED) is 0.916. The maximum Gasteiger partial charge on any atom is 0.422 e. The molecule has 0 saturated carbocycles. The number of rotatable bonds is 3. The summed E-state index contributed by atoms with van der Waals surface area (Å²) in [6.07, 6.45) is -5.10. The number of ether oxygens (including phenoxy) is 2. The second-order valence-electron chi connectivity index (χ2n) is 5.06. The third kappa shape index (κ3) is 6.86. The number of amides is 1. The molecule has 4 nitrogen and oxygen atoms in total. The van der Waals surface area contributed by atoms with E-state index in [1.807, 2.05) is 0 Å². The number of alkyl halides is 3. The van der Waals surface area contributed by atoms with Gasteiger partial charge >= 0.3 is 12.3 Å². The third-order valence-electron chi connectivity index (χ3n) is 1.88. The standard InChI is InChI=1S/C13H16F3NO3/c1-12(2,3)20-11(18)17-9-5-4-6-10(7-9)19-8-13(14,15)16/h4-7H,8H2,1-3H3,(H,17,18). The molecule has 0 bridgehead atoms. The van der Waals surface area contributed by atoms with Gasteiger partial charge in [0.1, 0.15) is 11.4 Å². The number of carbonyl (C=O) groups excluding carboxylic acids is 1. The predicted molar refractivity (Wildman–Crippen MR) is 67.8 cm³/mol. The Morgan fingerprint density at radius 1 is 1.25 bits per heavy atom. The molecule has 20 heavy (non-hydrogen) atoms. The summed E-state index contributed by atoms with van der Waals surface area (Å²) in [5.41, 5.74) is -0.368. The first-order chi connectivity index (χ1) is 9.05. The smallest absolute Gasteiger partial charge is 0.422 e. The Balaban J connectivity index is 2.62. The van der Waals surface area contributed by atoms with Crippen molar-refractivity contribution in [3.8, 4) is 5.75 Å². The molecule has 0 spiro atoms. The molecule has 112 valence electrons. The third-order valence-corrected chi connectivity index (χ3v) is 1.88. The highest BCUT2D eigenvalue weighted by Crippen LogP contribution is 2.21. The van der Waals surface area contributed by atoms with Gasteiger partial charge in [0.15, 0.2) is 6.61 Å². The zero-order valence-electron chi connectivity index (χ0n) is 11.4. The number of hydrogen-bond acceptors (Lipinski definition) is 3. The van der Waals surface area contributed by atoms with E-state index in [0.717, 1.165) is 0 Å². The molecule has 1 amide bonds. The van der Waals surface area contributed by atoms with E-state index in [2.05, 4.69) is 10.1 Å². The monoisotopic (exact) mass is 291 g/mol. The maximum atomic E-state index is 12.0. The van der Waals surface area contributed by atoms with Crippen LogP contribution in [-0.2, 0) is 4.74 Å². The second kappa shape index (κ2) is 6.02. The van der Waals surface area contributed by atoms with Gasteiger partial charge in [-0.25, -0.2) is 4.79 Å². The first-order valence-corrected chi connectivity index (χ1v) is 5.85. The van der Waals surface area contributed by atoms with Gasteiger partial charge in [-0.1, -0.05) is 6.07 Å². The topological polar surface area (TPSA) is 47.6 Å². The fourth-order valence-corrected chi connectivity index (χ4v) is 1.25. The molecule has 1 rings (SSSR count). The molecule has 0 heterocycles. The van der Waals surface area contributed by atoms with Crippen LogP contribution in [0.25, 0.3) is 0 Å². The van der Waals surface area contributed by atoms with Crippen molar-refractivity contribution in [2.75, 3.05) is 11.9 Å². The van der Waals surface area contributed by atoms with Crippen molar-refractivity contribution in [3.05, 3.63) is 24.3 Å². The molecule has 1 aromatic carbocycles. The van der Waals surface area contributed by atoms with E-state index in [4.69, 9.17) is 4.74 Å². The minimum atomic E-state index is -4.41. The van der Waals surface area contributed by atoms with Crippen LogP contribution in [0.4, 0.5) is 23.7 Å². The highest BCUT2D eigenvalue weighted by molar-refractivity contribution is 5.85. The first kappa shape index (κ1) is 16.1.